The summed E-state index contributed by atoms with van der Waals surface area (Å²) in [6.45, 7) is 0.176. The van der Waals surface area contributed by atoms with Crippen molar-refractivity contribution in [3.8, 4) is 5.75 Å². The highest BCUT2D eigenvalue weighted by Gasteiger charge is 2.60. The van der Waals surface area contributed by atoms with Crippen LogP contribution in [0.1, 0.15) is 44.2 Å². The summed E-state index contributed by atoms with van der Waals surface area (Å²) >= 11 is 1.48. The van der Waals surface area contributed by atoms with Crippen molar-refractivity contribution in [2.45, 2.75) is 50.7 Å². The standard InChI is InChI=1S/C22H26N2O4S/c1-27-18-4-2-16(3-5-18)23-20-24-17(12-29-20)11-28-19(25)21-7-14-6-15(8-21)10-22(26,9-14)13-21/h2-5,12,14-15,26H,6-11,13H2,1H3,(H,23,24)/t14-,15+,21?,22?. The molecule has 0 amide bonds. The molecule has 0 radical (unpaired) electrons. The molecule has 2 unspecified atom stereocenters. The highest BCUT2D eigenvalue weighted by Crippen LogP contribution is 2.62. The number of nitrogens with zero attached hydrogens (tertiary/aromatic N) is 1. The van der Waals surface area contributed by atoms with Gasteiger partial charge in [-0.3, -0.25) is 4.79 Å². The Morgan fingerprint density at radius 2 is 1.97 bits per heavy atom. The van der Waals surface area contributed by atoms with Crippen molar-refractivity contribution in [3.63, 3.8) is 0 Å². The third kappa shape index (κ3) is 3.62. The molecule has 1 aromatic heterocycles. The Morgan fingerprint density at radius 1 is 1.24 bits per heavy atom. The number of nitrogens with one attached hydrogen (secondary N) is 1. The van der Waals surface area contributed by atoms with E-state index in [0.29, 0.717) is 18.3 Å². The number of carbonyl (C=O) groups is 1. The zero-order valence-corrected chi connectivity index (χ0v) is 17.3. The minimum atomic E-state index is -0.654. The van der Waals surface area contributed by atoms with Crippen molar-refractivity contribution in [2.75, 3.05) is 12.4 Å². The normalized spacial score (nSPS) is 32.2. The molecule has 154 valence electrons. The number of anilines is 2. The fourth-order valence-corrected chi connectivity index (χ4v) is 6.69. The molecular weight excluding hydrogens is 388 g/mol. The third-order valence-corrected chi connectivity index (χ3v) is 7.51. The summed E-state index contributed by atoms with van der Waals surface area (Å²) in [5, 5.41) is 16.8. The first-order valence-corrected chi connectivity index (χ1v) is 11.1. The number of ether oxygens (including phenoxy) is 2. The fourth-order valence-electron chi connectivity index (χ4n) is 5.97. The molecule has 0 saturated heterocycles. The molecular formula is C22H26N2O4S. The molecule has 2 N–H and O–H groups in total. The summed E-state index contributed by atoms with van der Waals surface area (Å²) in [4.78, 5) is 17.5. The number of benzene rings is 1. The molecule has 1 heterocycles. The Hall–Kier alpha value is -2.12. The van der Waals surface area contributed by atoms with Gasteiger partial charge in [-0.1, -0.05) is 0 Å². The lowest BCUT2D eigenvalue weighted by Crippen LogP contribution is -2.58. The molecule has 4 fully saturated rings. The first-order valence-electron chi connectivity index (χ1n) is 10.2. The molecule has 4 bridgehead atoms. The van der Waals surface area contributed by atoms with E-state index in [1.807, 2.05) is 29.6 Å². The maximum absolute atomic E-state index is 13.0. The van der Waals surface area contributed by atoms with E-state index in [9.17, 15) is 9.90 Å². The van der Waals surface area contributed by atoms with E-state index in [2.05, 4.69) is 10.3 Å². The summed E-state index contributed by atoms with van der Waals surface area (Å²) < 4.78 is 10.9. The number of hydrogen-bond donors (Lipinski definition) is 2. The minimum Gasteiger partial charge on any atom is -0.497 e. The smallest absolute Gasteiger partial charge is 0.312 e. The number of rotatable bonds is 6. The number of methoxy groups -OCH3 is 1. The molecule has 0 aliphatic heterocycles. The largest absolute Gasteiger partial charge is 0.497 e. The molecule has 2 aromatic rings. The van der Waals surface area contributed by atoms with E-state index in [1.165, 1.54) is 11.3 Å². The average Bonchev–Trinajstić information content (AvgIpc) is 3.12. The van der Waals surface area contributed by atoms with Gasteiger partial charge in [0.15, 0.2) is 5.13 Å². The monoisotopic (exact) mass is 414 g/mol. The summed E-state index contributed by atoms with van der Waals surface area (Å²) in [5.41, 5.74) is 0.520. The van der Waals surface area contributed by atoms with E-state index in [0.717, 1.165) is 54.4 Å². The van der Waals surface area contributed by atoms with Crippen LogP contribution in [0.2, 0.25) is 0 Å². The SMILES string of the molecule is COc1ccc(Nc2nc(COC(=O)C34C[C@@H]5C[C@@H](CC(O)(C5)C3)C4)cs2)cc1. The van der Waals surface area contributed by atoms with Crippen LogP contribution in [-0.4, -0.2) is 28.8 Å². The second-order valence-corrected chi connectivity index (χ2v) is 9.90. The van der Waals surface area contributed by atoms with Crippen LogP contribution in [0.5, 0.6) is 5.75 Å². The molecule has 4 saturated carbocycles. The third-order valence-electron chi connectivity index (χ3n) is 6.71. The Morgan fingerprint density at radius 3 is 2.62 bits per heavy atom. The Kier molecular flexibility index (Phi) is 4.55. The van der Waals surface area contributed by atoms with Crippen LogP contribution >= 0.6 is 11.3 Å². The number of thiazole rings is 1. The average molecular weight is 415 g/mol. The number of aliphatic hydroxyl groups is 1. The maximum Gasteiger partial charge on any atom is 0.312 e. The minimum absolute atomic E-state index is 0.150. The zero-order valence-electron chi connectivity index (χ0n) is 16.5. The van der Waals surface area contributed by atoms with Gasteiger partial charge in [0.1, 0.15) is 12.4 Å². The lowest BCUT2D eigenvalue weighted by molar-refractivity contribution is -0.197. The van der Waals surface area contributed by atoms with Crippen LogP contribution in [0.4, 0.5) is 10.8 Å². The molecule has 6 rings (SSSR count). The van der Waals surface area contributed by atoms with Crippen LogP contribution in [0.25, 0.3) is 0 Å². The number of aromatic nitrogens is 1. The van der Waals surface area contributed by atoms with Gasteiger partial charge in [0, 0.05) is 11.1 Å². The van der Waals surface area contributed by atoms with Gasteiger partial charge in [-0.2, -0.15) is 0 Å². The van der Waals surface area contributed by atoms with E-state index >= 15 is 0 Å². The van der Waals surface area contributed by atoms with Crippen LogP contribution in [0.15, 0.2) is 29.6 Å². The Labute approximate surface area is 174 Å². The zero-order chi connectivity index (χ0) is 20.1. The second-order valence-electron chi connectivity index (χ2n) is 9.04. The quantitative estimate of drug-likeness (QED) is 0.687. The van der Waals surface area contributed by atoms with Crippen LogP contribution in [-0.2, 0) is 16.1 Å². The first-order chi connectivity index (χ1) is 14.0. The highest BCUT2D eigenvalue weighted by molar-refractivity contribution is 7.13. The highest BCUT2D eigenvalue weighted by atomic mass is 32.1. The van der Waals surface area contributed by atoms with Gasteiger partial charge >= 0.3 is 5.97 Å². The van der Waals surface area contributed by atoms with E-state index in [4.69, 9.17) is 9.47 Å². The Bertz CT molecular complexity index is 896. The summed E-state index contributed by atoms with van der Waals surface area (Å²) in [6.07, 6.45) is 5.16. The number of esters is 1. The maximum atomic E-state index is 13.0. The van der Waals surface area contributed by atoms with Crippen molar-refractivity contribution >= 4 is 28.1 Å². The molecule has 29 heavy (non-hydrogen) atoms. The van der Waals surface area contributed by atoms with Crippen molar-refractivity contribution < 1.29 is 19.4 Å². The van der Waals surface area contributed by atoms with E-state index in [1.54, 1.807) is 7.11 Å². The van der Waals surface area contributed by atoms with Crippen molar-refractivity contribution in [2.24, 2.45) is 17.3 Å². The van der Waals surface area contributed by atoms with Crippen molar-refractivity contribution in [1.29, 1.82) is 0 Å². The van der Waals surface area contributed by atoms with E-state index in [-0.39, 0.29) is 12.6 Å². The predicted octanol–water partition coefficient (Wildman–Crippen LogP) is 4.27. The summed E-state index contributed by atoms with van der Waals surface area (Å²) in [7, 11) is 1.64. The predicted molar refractivity (Wildman–Crippen MR) is 110 cm³/mol. The summed E-state index contributed by atoms with van der Waals surface area (Å²) in [5.74, 6) is 1.58. The van der Waals surface area contributed by atoms with Crippen LogP contribution < -0.4 is 10.1 Å². The van der Waals surface area contributed by atoms with Gasteiger partial charge in [-0.15, -0.1) is 11.3 Å². The Balaban J connectivity index is 1.20. The molecule has 7 heteroatoms. The fraction of sp³-hybridized carbons (Fsp3) is 0.545. The van der Waals surface area contributed by atoms with Gasteiger partial charge in [0.05, 0.1) is 23.8 Å². The van der Waals surface area contributed by atoms with Crippen molar-refractivity contribution in [1.82, 2.24) is 4.98 Å². The van der Waals surface area contributed by atoms with Crippen molar-refractivity contribution in [3.05, 3.63) is 35.3 Å². The van der Waals surface area contributed by atoms with Gasteiger partial charge in [-0.05, 0) is 74.6 Å². The van der Waals surface area contributed by atoms with E-state index < -0.39 is 11.0 Å². The lowest BCUT2D eigenvalue weighted by atomic mass is 9.48. The number of carbonyl (C=O) groups excluding carboxylic acids is 1. The molecule has 0 spiro atoms. The molecule has 4 atom stereocenters. The number of hydrogen-bond acceptors (Lipinski definition) is 7. The second kappa shape index (κ2) is 6.99. The molecule has 4 aliphatic carbocycles. The lowest BCUT2D eigenvalue weighted by Gasteiger charge is -2.58. The first kappa shape index (κ1) is 18.9. The molecule has 4 aliphatic rings. The van der Waals surface area contributed by atoms with Crippen LogP contribution in [0, 0.1) is 17.3 Å². The topological polar surface area (TPSA) is 80.7 Å². The molecule has 1 aromatic carbocycles. The van der Waals surface area contributed by atoms with Crippen LogP contribution in [0.3, 0.4) is 0 Å². The van der Waals surface area contributed by atoms with Gasteiger partial charge < -0.3 is 19.9 Å². The summed E-state index contributed by atoms with van der Waals surface area (Å²) in [6, 6.07) is 7.63. The molecule has 6 nitrogen and oxygen atoms in total. The van der Waals surface area contributed by atoms with Gasteiger partial charge in [0.25, 0.3) is 0 Å². The van der Waals surface area contributed by atoms with Gasteiger partial charge in [0.2, 0.25) is 0 Å². The van der Waals surface area contributed by atoms with Gasteiger partial charge in [-0.25, -0.2) is 4.98 Å².